The first-order valence-electron chi connectivity index (χ1n) is 8.41. The molecule has 0 aromatic heterocycles. The third kappa shape index (κ3) is 12.0. The Balaban J connectivity index is 0. The molecule has 0 radical (unpaired) electrons. The number of hydrogen-bond acceptors (Lipinski definition) is 4. The second-order valence-corrected chi connectivity index (χ2v) is 6.85. The number of nitrogens with one attached hydrogen (secondary N) is 2. The Morgan fingerprint density at radius 3 is 1.73 bits per heavy atom. The summed E-state index contributed by atoms with van der Waals surface area (Å²) in [6.45, 7) is 16.2. The maximum Gasteiger partial charge on any atom is 0.249 e. The van der Waals surface area contributed by atoms with Crippen LogP contribution < -0.4 is 10.6 Å². The molecule has 0 saturated heterocycles. The van der Waals surface area contributed by atoms with Crippen LogP contribution in [0.15, 0.2) is 0 Å². The highest BCUT2D eigenvalue weighted by Crippen LogP contribution is 2.07. The van der Waals surface area contributed by atoms with E-state index in [0.29, 0.717) is 12.0 Å². The molecule has 1 amide bonds. The van der Waals surface area contributed by atoms with Crippen LogP contribution in [0.2, 0.25) is 0 Å². The van der Waals surface area contributed by atoms with Gasteiger partial charge >= 0.3 is 0 Å². The van der Waals surface area contributed by atoms with Crippen LogP contribution in [0.5, 0.6) is 0 Å². The van der Waals surface area contributed by atoms with Gasteiger partial charge in [-0.25, -0.2) is 0 Å². The van der Waals surface area contributed by atoms with E-state index in [9.17, 15) is 9.90 Å². The summed E-state index contributed by atoms with van der Waals surface area (Å²) >= 11 is 0. The van der Waals surface area contributed by atoms with Crippen LogP contribution in [-0.4, -0.2) is 47.0 Å². The van der Waals surface area contributed by atoms with E-state index < -0.39 is 6.10 Å². The molecule has 3 atom stereocenters. The molecule has 134 valence electrons. The van der Waals surface area contributed by atoms with E-state index in [1.807, 2.05) is 27.7 Å². The van der Waals surface area contributed by atoms with E-state index in [2.05, 4.69) is 38.3 Å². The molecular formula is C17H38N2O3. The lowest BCUT2D eigenvalue weighted by atomic mass is 10.0. The van der Waals surface area contributed by atoms with Crippen LogP contribution in [0, 0.1) is 11.8 Å². The third-order valence-electron chi connectivity index (χ3n) is 3.43. The van der Waals surface area contributed by atoms with Gasteiger partial charge in [-0.05, 0) is 25.7 Å². The molecule has 5 nitrogen and oxygen atoms in total. The van der Waals surface area contributed by atoms with Crippen molar-refractivity contribution in [2.45, 2.75) is 86.0 Å². The predicted molar refractivity (Wildman–Crippen MR) is 92.7 cm³/mol. The SMILES string of the molecule is CC(C)NC(CO)C(C)C.CCC(C)C(O)C(=O)NC(C)C. The Hall–Kier alpha value is -0.650. The minimum atomic E-state index is -0.864. The van der Waals surface area contributed by atoms with Crippen LogP contribution in [0.4, 0.5) is 0 Å². The van der Waals surface area contributed by atoms with Gasteiger partial charge in [0.05, 0.1) is 6.61 Å². The van der Waals surface area contributed by atoms with Crippen molar-refractivity contribution in [3.8, 4) is 0 Å². The molecule has 4 N–H and O–H groups in total. The standard InChI is InChI=1S/C9H19NO2.C8H19NO/c1-5-7(4)8(11)9(12)10-6(2)3;1-6(2)8(5-10)9-7(3)4/h6-8,11H,5H2,1-4H3,(H,10,12);6-10H,5H2,1-4H3. The lowest BCUT2D eigenvalue weighted by Crippen LogP contribution is -2.41. The molecule has 0 aromatic rings. The van der Waals surface area contributed by atoms with E-state index in [1.54, 1.807) is 0 Å². The lowest BCUT2D eigenvalue weighted by molar-refractivity contribution is -0.132. The molecule has 0 saturated carbocycles. The van der Waals surface area contributed by atoms with E-state index in [-0.39, 0.29) is 30.5 Å². The number of carbonyl (C=O) groups is 1. The van der Waals surface area contributed by atoms with Gasteiger partial charge in [0.25, 0.3) is 0 Å². The molecule has 22 heavy (non-hydrogen) atoms. The molecule has 0 aromatic carbocycles. The summed E-state index contributed by atoms with van der Waals surface area (Å²) in [4.78, 5) is 11.2. The van der Waals surface area contributed by atoms with Gasteiger partial charge in [-0.15, -0.1) is 0 Å². The van der Waals surface area contributed by atoms with Crippen molar-refractivity contribution in [2.24, 2.45) is 11.8 Å². The Bertz CT molecular complexity index is 281. The second-order valence-electron chi connectivity index (χ2n) is 6.85. The molecule has 0 fully saturated rings. The summed E-state index contributed by atoms with van der Waals surface area (Å²) in [6, 6.07) is 0.802. The van der Waals surface area contributed by atoms with Gasteiger partial charge in [-0.3, -0.25) is 4.79 Å². The predicted octanol–water partition coefficient (Wildman–Crippen LogP) is 1.92. The fourth-order valence-electron chi connectivity index (χ4n) is 1.74. The minimum absolute atomic E-state index is 0.0312. The molecular weight excluding hydrogens is 280 g/mol. The van der Waals surface area contributed by atoms with Crippen LogP contribution in [0.1, 0.15) is 61.8 Å². The number of aliphatic hydroxyl groups is 2. The van der Waals surface area contributed by atoms with Gasteiger partial charge in [0.1, 0.15) is 6.10 Å². The topological polar surface area (TPSA) is 81.6 Å². The molecule has 0 aliphatic carbocycles. The van der Waals surface area contributed by atoms with Crippen molar-refractivity contribution in [3.63, 3.8) is 0 Å². The number of hydrogen-bond donors (Lipinski definition) is 4. The summed E-state index contributed by atoms with van der Waals surface area (Å²) in [5.41, 5.74) is 0. The number of aliphatic hydroxyl groups excluding tert-OH is 2. The summed E-state index contributed by atoms with van der Waals surface area (Å²) in [6.07, 6.45) is -0.0513. The van der Waals surface area contributed by atoms with Gasteiger partial charge in [0.15, 0.2) is 0 Å². The zero-order chi connectivity index (χ0) is 17.9. The zero-order valence-corrected chi connectivity index (χ0v) is 15.7. The van der Waals surface area contributed by atoms with Crippen LogP contribution in [0.25, 0.3) is 0 Å². The van der Waals surface area contributed by atoms with Crippen molar-refractivity contribution >= 4 is 5.91 Å². The lowest BCUT2D eigenvalue weighted by Gasteiger charge is -2.22. The minimum Gasteiger partial charge on any atom is -0.395 e. The van der Waals surface area contributed by atoms with Crippen LogP contribution >= 0.6 is 0 Å². The van der Waals surface area contributed by atoms with E-state index in [1.165, 1.54) is 0 Å². The average Bonchev–Trinajstić information content (AvgIpc) is 2.42. The van der Waals surface area contributed by atoms with E-state index in [0.717, 1.165) is 6.42 Å². The molecule has 0 bridgehead atoms. The molecule has 0 aliphatic heterocycles. The maximum atomic E-state index is 11.2. The maximum absolute atomic E-state index is 11.2. The number of carbonyl (C=O) groups excluding carboxylic acids is 1. The van der Waals surface area contributed by atoms with Gasteiger partial charge in [0.2, 0.25) is 5.91 Å². The Kier molecular flexibility index (Phi) is 13.8. The van der Waals surface area contributed by atoms with E-state index in [4.69, 9.17) is 5.11 Å². The molecule has 0 rings (SSSR count). The van der Waals surface area contributed by atoms with Gasteiger partial charge in [-0.1, -0.05) is 48.0 Å². The fraction of sp³-hybridized carbons (Fsp3) is 0.941. The third-order valence-corrected chi connectivity index (χ3v) is 3.43. The monoisotopic (exact) mass is 318 g/mol. The highest BCUT2D eigenvalue weighted by molar-refractivity contribution is 5.80. The largest absolute Gasteiger partial charge is 0.395 e. The van der Waals surface area contributed by atoms with Crippen molar-refractivity contribution in [3.05, 3.63) is 0 Å². The first kappa shape index (κ1) is 23.6. The summed E-state index contributed by atoms with van der Waals surface area (Å²) < 4.78 is 0. The molecule has 0 aliphatic rings. The Labute approximate surface area is 136 Å². The van der Waals surface area contributed by atoms with Crippen molar-refractivity contribution < 1.29 is 15.0 Å². The number of amides is 1. The van der Waals surface area contributed by atoms with Crippen molar-refractivity contribution in [1.29, 1.82) is 0 Å². The summed E-state index contributed by atoms with van der Waals surface area (Å²) in [7, 11) is 0. The van der Waals surface area contributed by atoms with Crippen LogP contribution in [-0.2, 0) is 4.79 Å². The van der Waals surface area contributed by atoms with Gasteiger partial charge in [-0.2, -0.15) is 0 Å². The Morgan fingerprint density at radius 2 is 1.50 bits per heavy atom. The molecule has 3 unspecified atom stereocenters. The molecule has 0 spiro atoms. The second kappa shape index (κ2) is 12.9. The first-order valence-corrected chi connectivity index (χ1v) is 8.41. The van der Waals surface area contributed by atoms with Crippen molar-refractivity contribution in [2.75, 3.05) is 6.61 Å². The highest BCUT2D eigenvalue weighted by atomic mass is 16.3. The highest BCUT2D eigenvalue weighted by Gasteiger charge is 2.20. The average molecular weight is 319 g/mol. The van der Waals surface area contributed by atoms with Crippen molar-refractivity contribution in [1.82, 2.24) is 10.6 Å². The quantitative estimate of drug-likeness (QED) is 0.551. The van der Waals surface area contributed by atoms with E-state index >= 15 is 0 Å². The fourth-order valence-corrected chi connectivity index (χ4v) is 1.74. The number of rotatable bonds is 8. The van der Waals surface area contributed by atoms with Crippen LogP contribution in [0.3, 0.4) is 0 Å². The van der Waals surface area contributed by atoms with Gasteiger partial charge < -0.3 is 20.8 Å². The van der Waals surface area contributed by atoms with Gasteiger partial charge in [0, 0.05) is 18.1 Å². The first-order chi connectivity index (χ1) is 10.1. The smallest absolute Gasteiger partial charge is 0.249 e. The normalized spacial score (nSPS) is 15.3. The molecule has 5 heteroatoms. The molecule has 0 heterocycles. The summed E-state index contributed by atoms with van der Waals surface area (Å²) in [5.74, 6) is 0.274. The summed E-state index contributed by atoms with van der Waals surface area (Å²) in [5, 5.41) is 24.3. The Morgan fingerprint density at radius 1 is 1.00 bits per heavy atom. The zero-order valence-electron chi connectivity index (χ0n) is 15.7.